The third kappa shape index (κ3) is 4.97. The molecule has 0 saturated carbocycles. The summed E-state index contributed by atoms with van der Waals surface area (Å²) in [5, 5.41) is 2.69. The van der Waals surface area contributed by atoms with Crippen LogP contribution in [0.1, 0.15) is 18.9 Å². The molecular weight excluding hydrogens is 218 g/mol. The average Bonchev–Trinajstić information content (AvgIpc) is 2.28. The topological polar surface area (TPSA) is 55.4 Å². The van der Waals surface area contributed by atoms with Crippen LogP contribution in [0.3, 0.4) is 0 Å². The fourth-order valence-electron chi connectivity index (χ4n) is 1.30. The summed E-state index contributed by atoms with van der Waals surface area (Å²) in [7, 11) is 1.35. The molecule has 17 heavy (non-hydrogen) atoms. The molecule has 1 aromatic carbocycles. The lowest BCUT2D eigenvalue weighted by Crippen LogP contribution is -2.05. The molecule has 0 spiro atoms. The first-order valence-electron chi connectivity index (χ1n) is 5.23. The first kappa shape index (κ1) is 13.0. The van der Waals surface area contributed by atoms with Crippen molar-refractivity contribution in [1.29, 1.82) is 0 Å². The van der Waals surface area contributed by atoms with E-state index in [-0.39, 0.29) is 18.3 Å². The van der Waals surface area contributed by atoms with E-state index in [1.165, 1.54) is 14.0 Å². The van der Waals surface area contributed by atoms with Gasteiger partial charge in [-0.3, -0.25) is 9.59 Å². The number of carbonyl (C=O) groups excluding carboxylic acids is 2. The Morgan fingerprint density at radius 2 is 2.18 bits per heavy atom. The van der Waals surface area contributed by atoms with Crippen molar-refractivity contribution in [3.05, 3.63) is 35.9 Å². The van der Waals surface area contributed by atoms with Crippen molar-refractivity contribution in [3.8, 4) is 0 Å². The Balaban J connectivity index is 2.65. The molecule has 0 fully saturated rings. The smallest absolute Gasteiger partial charge is 0.309 e. The number of ether oxygens (including phenoxy) is 1. The molecule has 1 rings (SSSR count). The number of carbonyl (C=O) groups is 2. The minimum atomic E-state index is -0.278. The van der Waals surface area contributed by atoms with E-state index in [2.05, 4.69) is 10.1 Å². The Labute approximate surface area is 100 Å². The zero-order valence-electron chi connectivity index (χ0n) is 9.90. The average molecular weight is 233 g/mol. The maximum Gasteiger partial charge on any atom is 0.309 e. The molecule has 0 radical (unpaired) electrons. The highest BCUT2D eigenvalue weighted by atomic mass is 16.5. The second kappa shape index (κ2) is 6.48. The van der Waals surface area contributed by atoms with Crippen molar-refractivity contribution < 1.29 is 14.3 Å². The maximum absolute atomic E-state index is 10.9. The van der Waals surface area contributed by atoms with Crippen LogP contribution in [0.2, 0.25) is 0 Å². The first-order chi connectivity index (χ1) is 8.11. The van der Waals surface area contributed by atoms with Gasteiger partial charge in [-0.2, -0.15) is 0 Å². The molecule has 1 aromatic rings. The standard InChI is InChI=1S/C13H15NO3/c1-10(15)14-12-7-3-5-11(9-12)6-4-8-13(16)17-2/h3-7,9H,8H2,1-2H3,(H,14,15). The lowest BCUT2D eigenvalue weighted by atomic mass is 10.2. The van der Waals surface area contributed by atoms with Crippen LogP contribution in [0, 0.1) is 0 Å². The fraction of sp³-hybridized carbons (Fsp3) is 0.231. The molecule has 1 amide bonds. The monoisotopic (exact) mass is 233 g/mol. The number of anilines is 1. The molecule has 0 unspecified atom stereocenters. The van der Waals surface area contributed by atoms with Crippen LogP contribution in [-0.2, 0) is 14.3 Å². The van der Waals surface area contributed by atoms with Gasteiger partial charge in [0.05, 0.1) is 13.5 Å². The highest BCUT2D eigenvalue weighted by molar-refractivity contribution is 5.89. The van der Waals surface area contributed by atoms with Gasteiger partial charge < -0.3 is 10.1 Å². The van der Waals surface area contributed by atoms with Gasteiger partial charge in [0.1, 0.15) is 0 Å². The Kier molecular flexibility index (Phi) is 4.94. The predicted octanol–water partition coefficient (Wildman–Crippen LogP) is 2.22. The van der Waals surface area contributed by atoms with Gasteiger partial charge in [-0.05, 0) is 17.7 Å². The van der Waals surface area contributed by atoms with Crippen molar-refractivity contribution in [2.45, 2.75) is 13.3 Å². The molecule has 4 heteroatoms. The van der Waals surface area contributed by atoms with E-state index < -0.39 is 0 Å². The van der Waals surface area contributed by atoms with Crippen LogP contribution in [0.25, 0.3) is 6.08 Å². The van der Waals surface area contributed by atoms with Crippen molar-refractivity contribution in [3.63, 3.8) is 0 Å². The number of nitrogens with one attached hydrogen (secondary N) is 1. The quantitative estimate of drug-likeness (QED) is 0.811. The van der Waals surface area contributed by atoms with Crippen LogP contribution < -0.4 is 5.32 Å². The second-order valence-electron chi connectivity index (χ2n) is 3.49. The fourth-order valence-corrected chi connectivity index (χ4v) is 1.30. The summed E-state index contributed by atoms with van der Waals surface area (Å²) in [4.78, 5) is 21.8. The molecule has 1 N–H and O–H groups in total. The largest absolute Gasteiger partial charge is 0.469 e. The second-order valence-corrected chi connectivity index (χ2v) is 3.49. The number of hydrogen-bond donors (Lipinski definition) is 1. The summed E-state index contributed by atoms with van der Waals surface area (Å²) in [5.74, 6) is -0.389. The van der Waals surface area contributed by atoms with Crippen LogP contribution in [-0.4, -0.2) is 19.0 Å². The lowest BCUT2D eigenvalue weighted by Gasteiger charge is -2.02. The SMILES string of the molecule is COC(=O)CC=Cc1cccc(NC(C)=O)c1. The zero-order valence-corrected chi connectivity index (χ0v) is 9.90. The van der Waals surface area contributed by atoms with E-state index in [1.807, 2.05) is 24.3 Å². The summed E-state index contributed by atoms with van der Waals surface area (Å²) in [6, 6.07) is 7.36. The molecule has 0 bridgehead atoms. The first-order valence-corrected chi connectivity index (χ1v) is 5.23. The van der Waals surface area contributed by atoms with E-state index in [4.69, 9.17) is 0 Å². The van der Waals surface area contributed by atoms with Gasteiger partial charge in [0.2, 0.25) is 5.91 Å². The predicted molar refractivity (Wildman–Crippen MR) is 66.4 cm³/mol. The van der Waals surface area contributed by atoms with Gasteiger partial charge in [-0.1, -0.05) is 24.3 Å². The van der Waals surface area contributed by atoms with Gasteiger partial charge in [-0.25, -0.2) is 0 Å². The minimum Gasteiger partial charge on any atom is -0.469 e. The Morgan fingerprint density at radius 3 is 2.82 bits per heavy atom. The molecule has 0 aromatic heterocycles. The highest BCUT2D eigenvalue weighted by Gasteiger charge is 1.97. The lowest BCUT2D eigenvalue weighted by molar-refractivity contribution is -0.139. The maximum atomic E-state index is 10.9. The van der Waals surface area contributed by atoms with E-state index >= 15 is 0 Å². The molecule has 0 aliphatic carbocycles. The number of methoxy groups -OCH3 is 1. The van der Waals surface area contributed by atoms with E-state index in [0.717, 1.165) is 11.3 Å². The Bertz CT molecular complexity index is 438. The molecule has 0 atom stereocenters. The molecule has 90 valence electrons. The van der Waals surface area contributed by atoms with Gasteiger partial charge >= 0.3 is 5.97 Å². The number of esters is 1. The molecule has 0 aliphatic heterocycles. The van der Waals surface area contributed by atoms with Crippen LogP contribution in [0.4, 0.5) is 5.69 Å². The molecule has 0 saturated heterocycles. The zero-order chi connectivity index (χ0) is 12.7. The van der Waals surface area contributed by atoms with E-state index in [9.17, 15) is 9.59 Å². The number of hydrogen-bond acceptors (Lipinski definition) is 3. The Hall–Kier alpha value is -2.10. The van der Waals surface area contributed by atoms with E-state index in [1.54, 1.807) is 12.1 Å². The van der Waals surface area contributed by atoms with Crippen molar-refractivity contribution in [1.82, 2.24) is 0 Å². The summed E-state index contributed by atoms with van der Waals surface area (Å²) >= 11 is 0. The number of amides is 1. The van der Waals surface area contributed by atoms with Crippen molar-refractivity contribution in [2.24, 2.45) is 0 Å². The van der Waals surface area contributed by atoms with Gasteiger partial charge in [0, 0.05) is 12.6 Å². The van der Waals surface area contributed by atoms with Gasteiger partial charge in [0.15, 0.2) is 0 Å². The molecular formula is C13H15NO3. The molecule has 4 nitrogen and oxygen atoms in total. The number of benzene rings is 1. The third-order valence-corrected chi connectivity index (χ3v) is 2.03. The van der Waals surface area contributed by atoms with Crippen LogP contribution in [0.15, 0.2) is 30.3 Å². The van der Waals surface area contributed by atoms with Crippen LogP contribution >= 0.6 is 0 Å². The van der Waals surface area contributed by atoms with Crippen LogP contribution in [0.5, 0.6) is 0 Å². The summed E-state index contributed by atoms with van der Waals surface area (Å²) < 4.78 is 4.52. The molecule has 0 aliphatic rings. The number of rotatable bonds is 4. The summed E-state index contributed by atoms with van der Waals surface area (Å²) in [5.41, 5.74) is 1.65. The van der Waals surface area contributed by atoms with Gasteiger partial charge in [0.25, 0.3) is 0 Å². The minimum absolute atomic E-state index is 0.110. The van der Waals surface area contributed by atoms with E-state index in [0.29, 0.717) is 0 Å². The van der Waals surface area contributed by atoms with Crippen molar-refractivity contribution >= 4 is 23.6 Å². The summed E-state index contributed by atoms with van der Waals surface area (Å²) in [6.45, 7) is 1.46. The summed E-state index contributed by atoms with van der Waals surface area (Å²) in [6.07, 6.45) is 3.77. The molecule has 0 heterocycles. The normalized spacial score (nSPS) is 10.2. The highest BCUT2D eigenvalue weighted by Crippen LogP contribution is 2.12. The Morgan fingerprint density at radius 1 is 1.41 bits per heavy atom. The van der Waals surface area contributed by atoms with Crippen molar-refractivity contribution in [2.75, 3.05) is 12.4 Å². The van der Waals surface area contributed by atoms with Gasteiger partial charge in [-0.15, -0.1) is 0 Å². The third-order valence-electron chi connectivity index (χ3n) is 2.03.